The van der Waals surface area contributed by atoms with E-state index in [2.05, 4.69) is 38.0 Å². The molecule has 0 fully saturated rings. The number of hydrogen-bond acceptors (Lipinski definition) is 4. The monoisotopic (exact) mass is 367 g/mol. The van der Waals surface area contributed by atoms with E-state index in [1.54, 1.807) is 23.1 Å². The fourth-order valence-electron chi connectivity index (χ4n) is 3.02. The minimum Gasteiger partial charge on any atom is -0.386 e. The normalized spacial score (nSPS) is 13.5. The predicted molar refractivity (Wildman–Crippen MR) is 107 cm³/mol. The Kier molecular flexibility index (Phi) is 8.01. The van der Waals surface area contributed by atoms with Crippen molar-refractivity contribution >= 4 is 33.3 Å². The van der Waals surface area contributed by atoms with Crippen LogP contribution in [0.3, 0.4) is 0 Å². The van der Waals surface area contributed by atoms with Gasteiger partial charge in [-0.1, -0.05) is 50.6 Å². The molecule has 0 radical (unpaired) electrons. The Bertz CT molecular complexity index is 573. The van der Waals surface area contributed by atoms with Crippen LogP contribution in [0.1, 0.15) is 39.5 Å². The molecule has 0 aliphatic carbocycles. The number of thioether (sulfide) groups is 1. The lowest BCUT2D eigenvalue weighted by Crippen LogP contribution is -2.50. The van der Waals surface area contributed by atoms with Crippen molar-refractivity contribution in [2.45, 2.75) is 50.0 Å². The van der Waals surface area contributed by atoms with Crippen LogP contribution >= 0.6 is 23.1 Å². The lowest BCUT2D eigenvalue weighted by Gasteiger charge is -2.36. The van der Waals surface area contributed by atoms with E-state index < -0.39 is 0 Å². The zero-order chi connectivity index (χ0) is 17.4. The number of rotatable bonds is 11. The second-order valence-corrected chi connectivity index (χ2v) is 9.17. The molecule has 0 aliphatic rings. The Morgan fingerprint density at radius 3 is 2.46 bits per heavy atom. The Morgan fingerprint density at radius 1 is 1.17 bits per heavy atom. The largest absolute Gasteiger partial charge is 0.386 e. The number of hydrogen-bond donors (Lipinski definition) is 1. The average Bonchev–Trinajstić information content (AvgIpc) is 2.99. The summed E-state index contributed by atoms with van der Waals surface area (Å²) in [5.41, 5.74) is 1.06. The molecule has 5 heteroatoms. The fourth-order valence-corrected chi connectivity index (χ4v) is 5.03. The first kappa shape index (κ1) is 19.7. The molecule has 1 heterocycles. The minimum absolute atomic E-state index is 0.277. The van der Waals surface area contributed by atoms with E-state index in [1.807, 2.05) is 12.1 Å². The van der Waals surface area contributed by atoms with Gasteiger partial charge < -0.3 is 9.59 Å². The Balaban J connectivity index is 1.88. The number of aromatic nitrogens is 1. The highest BCUT2D eigenvalue weighted by atomic mass is 32.2. The Labute approximate surface area is 154 Å². The highest BCUT2D eigenvalue weighted by molar-refractivity contribution is 8.01. The van der Waals surface area contributed by atoms with Gasteiger partial charge in [-0.15, -0.1) is 11.3 Å². The molecule has 3 nitrogen and oxygen atoms in total. The van der Waals surface area contributed by atoms with Gasteiger partial charge in [0.2, 0.25) is 0 Å². The molecular weight excluding hydrogens is 336 g/mol. The van der Waals surface area contributed by atoms with Crippen molar-refractivity contribution in [3.63, 3.8) is 0 Å². The van der Waals surface area contributed by atoms with E-state index in [0.29, 0.717) is 0 Å². The second-order valence-electron chi connectivity index (χ2n) is 6.87. The third kappa shape index (κ3) is 6.03. The topological polar surface area (TPSA) is 33.1 Å². The van der Waals surface area contributed by atoms with Gasteiger partial charge in [-0.3, -0.25) is 0 Å². The fraction of sp³-hybridized carbons (Fsp3) is 0.632. The smallest absolute Gasteiger partial charge is 0.151 e. The van der Waals surface area contributed by atoms with Crippen molar-refractivity contribution in [3.8, 4) is 0 Å². The SMILES string of the molecule is CCCC[N+](C)(CCCC)C[C@@H](O)CSc1nc2ccccc2s1. The van der Waals surface area contributed by atoms with Gasteiger partial charge in [-0.2, -0.15) is 0 Å². The van der Waals surface area contributed by atoms with Crippen LogP contribution in [0.4, 0.5) is 0 Å². The summed E-state index contributed by atoms with van der Waals surface area (Å²) in [5.74, 6) is 0.728. The van der Waals surface area contributed by atoms with Crippen molar-refractivity contribution in [1.29, 1.82) is 0 Å². The van der Waals surface area contributed by atoms with Crippen LogP contribution in [0.25, 0.3) is 10.2 Å². The van der Waals surface area contributed by atoms with Gasteiger partial charge in [0.1, 0.15) is 12.6 Å². The van der Waals surface area contributed by atoms with Crippen molar-refractivity contribution in [1.82, 2.24) is 4.98 Å². The maximum absolute atomic E-state index is 10.6. The summed E-state index contributed by atoms with van der Waals surface area (Å²) in [6.07, 6.45) is 4.63. The summed E-state index contributed by atoms with van der Waals surface area (Å²) in [4.78, 5) is 4.65. The minimum atomic E-state index is -0.277. The van der Waals surface area contributed by atoms with E-state index in [0.717, 1.165) is 26.6 Å². The average molecular weight is 368 g/mol. The number of quaternary nitrogens is 1. The zero-order valence-electron chi connectivity index (χ0n) is 15.2. The number of likely N-dealkylation sites (N-methyl/N-ethyl adjacent to an activating group) is 1. The van der Waals surface area contributed by atoms with Gasteiger partial charge in [-0.05, 0) is 25.0 Å². The number of aliphatic hydroxyl groups is 1. The molecule has 0 unspecified atom stereocenters. The summed E-state index contributed by atoms with van der Waals surface area (Å²) < 4.78 is 3.27. The quantitative estimate of drug-likeness (QED) is 0.457. The Morgan fingerprint density at radius 2 is 1.83 bits per heavy atom. The van der Waals surface area contributed by atoms with Crippen LogP contribution in [-0.2, 0) is 0 Å². The zero-order valence-corrected chi connectivity index (χ0v) is 16.8. The molecule has 0 bridgehead atoms. The van der Waals surface area contributed by atoms with E-state index in [-0.39, 0.29) is 6.10 Å². The summed E-state index contributed by atoms with van der Waals surface area (Å²) in [6, 6.07) is 8.23. The molecule has 1 N–H and O–H groups in total. The van der Waals surface area contributed by atoms with Crippen molar-refractivity contribution in [2.75, 3.05) is 32.4 Å². The Hall–Kier alpha value is -0.620. The van der Waals surface area contributed by atoms with Crippen LogP contribution < -0.4 is 0 Å². The number of nitrogens with zero attached hydrogens (tertiary/aromatic N) is 2. The first-order valence-electron chi connectivity index (χ1n) is 9.06. The molecule has 0 aliphatic heterocycles. The van der Waals surface area contributed by atoms with Gasteiger partial charge in [0.15, 0.2) is 4.34 Å². The standard InChI is InChI=1S/C19H31N2OS2/c1-4-6-12-21(3,13-7-5-2)14-16(22)15-23-19-20-17-10-8-9-11-18(17)24-19/h8-11,16,22H,4-7,12-15H2,1-3H3/q+1/t16-/m1/s1. The lowest BCUT2D eigenvalue weighted by molar-refractivity contribution is -0.912. The maximum Gasteiger partial charge on any atom is 0.151 e. The number of unbranched alkanes of at least 4 members (excludes halogenated alkanes) is 2. The van der Waals surface area contributed by atoms with Crippen LogP contribution in [-0.4, -0.2) is 53.1 Å². The highest BCUT2D eigenvalue weighted by Gasteiger charge is 2.24. The summed E-state index contributed by atoms with van der Waals surface area (Å²) in [7, 11) is 2.30. The van der Waals surface area contributed by atoms with Crippen LogP contribution in [0.15, 0.2) is 28.6 Å². The first-order chi connectivity index (χ1) is 11.6. The number of aliphatic hydroxyl groups excluding tert-OH is 1. The number of fused-ring (bicyclic) bond motifs is 1. The van der Waals surface area contributed by atoms with E-state index in [9.17, 15) is 5.11 Å². The molecule has 0 saturated heterocycles. The molecule has 2 aromatic rings. The molecular formula is C19H31N2OS2+. The van der Waals surface area contributed by atoms with Crippen molar-refractivity contribution in [2.24, 2.45) is 0 Å². The molecule has 0 saturated carbocycles. The van der Waals surface area contributed by atoms with Gasteiger partial charge in [-0.25, -0.2) is 4.98 Å². The third-order valence-electron chi connectivity index (χ3n) is 4.43. The first-order valence-corrected chi connectivity index (χ1v) is 10.9. The predicted octanol–water partition coefficient (Wildman–Crippen LogP) is 4.80. The molecule has 1 aromatic carbocycles. The van der Waals surface area contributed by atoms with E-state index in [4.69, 9.17) is 0 Å². The molecule has 24 heavy (non-hydrogen) atoms. The molecule has 0 spiro atoms. The maximum atomic E-state index is 10.6. The number of thiazole rings is 1. The molecule has 1 aromatic heterocycles. The van der Waals surface area contributed by atoms with Crippen molar-refractivity contribution in [3.05, 3.63) is 24.3 Å². The van der Waals surface area contributed by atoms with Gasteiger partial charge in [0.05, 0.1) is 30.4 Å². The van der Waals surface area contributed by atoms with Gasteiger partial charge in [0.25, 0.3) is 0 Å². The molecule has 2 rings (SSSR count). The molecule has 134 valence electrons. The van der Waals surface area contributed by atoms with Crippen molar-refractivity contribution < 1.29 is 9.59 Å². The van der Waals surface area contributed by atoms with Crippen LogP contribution in [0.5, 0.6) is 0 Å². The summed E-state index contributed by atoms with van der Waals surface area (Å²) >= 11 is 3.41. The highest BCUT2D eigenvalue weighted by Crippen LogP contribution is 2.29. The lowest BCUT2D eigenvalue weighted by atomic mass is 10.2. The third-order valence-corrected chi connectivity index (χ3v) is 6.75. The molecule has 1 atom stereocenters. The molecule has 0 amide bonds. The van der Waals surface area contributed by atoms with Gasteiger partial charge >= 0.3 is 0 Å². The van der Waals surface area contributed by atoms with Gasteiger partial charge in [0, 0.05) is 5.75 Å². The summed E-state index contributed by atoms with van der Waals surface area (Å²) in [5, 5.41) is 10.6. The van der Waals surface area contributed by atoms with Crippen LogP contribution in [0.2, 0.25) is 0 Å². The van der Waals surface area contributed by atoms with E-state index in [1.165, 1.54) is 43.5 Å². The number of para-hydroxylation sites is 1. The second kappa shape index (κ2) is 9.76. The number of benzene rings is 1. The van der Waals surface area contributed by atoms with E-state index >= 15 is 0 Å². The summed E-state index contributed by atoms with van der Waals surface area (Å²) in [6.45, 7) is 7.66. The van der Waals surface area contributed by atoms with Crippen LogP contribution in [0, 0.1) is 0 Å².